The predicted molar refractivity (Wildman–Crippen MR) is 61.3 cm³/mol. The molecule has 2 rings (SSSR count). The smallest absolute Gasteiger partial charge is 0.221 e. The standard InChI is InChI=1S/C12H15FN2O2/c1-17-11-3-2-8(6-9(11)13)10-7-15-12(16)4-5-14-10/h2-3,6,10,14H,4-5,7H2,1H3,(H,15,16). The third kappa shape index (κ3) is 2.74. The quantitative estimate of drug-likeness (QED) is 0.807. The largest absolute Gasteiger partial charge is 0.494 e. The molecule has 1 aromatic carbocycles. The second-order valence-corrected chi connectivity index (χ2v) is 3.95. The highest BCUT2D eigenvalue weighted by Gasteiger charge is 2.17. The Bertz CT molecular complexity index is 423. The van der Waals surface area contributed by atoms with E-state index < -0.39 is 0 Å². The number of hydrogen-bond donors (Lipinski definition) is 2. The molecule has 0 aliphatic carbocycles. The van der Waals surface area contributed by atoms with E-state index in [1.54, 1.807) is 12.1 Å². The number of methoxy groups -OCH3 is 1. The van der Waals surface area contributed by atoms with Gasteiger partial charge in [0.05, 0.1) is 7.11 Å². The molecule has 0 bridgehead atoms. The van der Waals surface area contributed by atoms with Gasteiger partial charge in [-0.05, 0) is 17.7 Å². The van der Waals surface area contributed by atoms with Crippen LogP contribution in [-0.4, -0.2) is 26.1 Å². The van der Waals surface area contributed by atoms with E-state index in [1.165, 1.54) is 13.2 Å². The summed E-state index contributed by atoms with van der Waals surface area (Å²) in [7, 11) is 1.43. The summed E-state index contributed by atoms with van der Waals surface area (Å²) in [5.41, 5.74) is 0.811. The Kier molecular flexibility index (Phi) is 3.58. The lowest BCUT2D eigenvalue weighted by atomic mass is 10.1. The molecule has 1 fully saturated rings. The summed E-state index contributed by atoms with van der Waals surface area (Å²) in [6, 6.07) is 4.78. The molecule has 2 N–H and O–H groups in total. The Morgan fingerprint density at radius 1 is 1.47 bits per heavy atom. The van der Waals surface area contributed by atoms with Crippen LogP contribution in [0.5, 0.6) is 5.75 Å². The van der Waals surface area contributed by atoms with Crippen LogP contribution in [0.25, 0.3) is 0 Å². The second-order valence-electron chi connectivity index (χ2n) is 3.95. The summed E-state index contributed by atoms with van der Waals surface area (Å²) < 4.78 is 18.4. The number of nitrogens with one attached hydrogen (secondary N) is 2. The zero-order chi connectivity index (χ0) is 12.3. The minimum Gasteiger partial charge on any atom is -0.494 e. The number of carbonyl (C=O) groups excluding carboxylic acids is 1. The van der Waals surface area contributed by atoms with E-state index in [4.69, 9.17) is 4.74 Å². The van der Waals surface area contributed by atoms with E-state index in [9.17, 15) is 9.18 Å². The molecule has 1 amide bonds. The molecule has 1 atom stereocenters. The Balaban J connectivity index is 2.16. The molecule has 4 nitrogen and oxygen atoms in total. The van der Waals surface area contributed by atoms with Gasteiger partial charge in [-0.15, -0.1) is 0 Å². The van der Waals surface area contributed by atoms with Crippen LogP contribution < -0.4 is 15.4 Å². The first-order valence-corrected chi connectivity index (χ1v) is 5.54. The van der Waals surface area contributed by atoms with Gasteiger partial charge in [-0.3, -0.25) is 4.79 Å². The molecule has 1 aliphatic heterocycles. The number of halogens is 1. The van der Waals surface area contributed by atoms with Gasteiger partial charge in [0.25, 0.3) is 0 Å². The Morgan fingerprint density at radius 3 is 3.00 bits per heavy atom. The fourth-order valence-electron chi connectivity index (χ4n) is 1.87. The van der Waals surface area contributed by atoms with Gasteiger partial charge in [0, 0.05) is 25.6 Å². The van der Waals surface area contributed by atoms with Gasteiger partial charge < -0.3 is 15.4 Å². The third-order valence-corrected chi connectivity index (χ3v) is 2.82. The summed E-state index contributed by atoms with van der Waals surface area (Å²) in [4.78, 5) is 11.2. The molecule has 0 saturated carbocycles. The number of carbonyl (C=O) groups is 1. The molecule has 0 spiro atoms. The maximum Gasteiger partial charge on any atom is 0.221 e. The highest BCUT2D eigenvalue weighted by atomic mass is 19.1. The first kappa shape index (κ1) is 11.9. The zero-order valence-corrected chi connectivity index (χ0v) is 9.63. The van der Waals surface area contributed by atoms with Gasteiger partial charge in [-0.1, -0.05) is 6.07 Å². The second kappa shape index (κ2) is 5.14. The summed E-state index contributed by atoms with van der Waals surface area (Å²) in [6.07, 6.45) is 0.454. The topological polar surface area (TPSA) is 50.4 Å². The maximum absolute atomic E-state index is 13.5. The van der Waals surface area contributed by atoms with Crippen molar-refractivity contribution >= 4 is 5.91 Å². The van der Waals surface area contributed by atoms with Crippen molar-refractivity contribution in [3.8, 4) is 5.75 Å². The molecule has 0 radical (unpaired) electrons. The fraction of sp³-hybridized carbons (Fsp3) is 0.417. The van der Waals surface area contributed by atoms with Crippen molar-refractivity contribution in [1.29, 1.82) is 0 Å². The van der Waals surface area contributed by atoms with Crippen molar-refractivity contribution in [2.24, 2.45) is 0 Å². The van der Waals surface area contributed by atoms with Crippen LogP contribution in [0, 0.1) is 5.82 Å². The molecular formula is C12H15FN2O2. The molecule has 1 saturated heterocycles. The minimum absolute atomic E-state index is 0.0222. The van der Waals surface area contributed by atoms with Crippen LogP contribution in [-0.2, 0) is 4.79 Å². The maximum atomic E-state index is 13.5. The van der Waals surface area contributed by atoms with Crippen LogP contribution in [0.3, 0.4) is 0 Å². The predicted octanol–water partition coefficient (Wildman–Crippen LogP) is 0.985. The van der Waals surface area contributed by atoms with E-state index in [2.05, 4.69) is 10.6 Å². The molecule has 1 unspecified atom stereocenters. The van der Waals surface area contributed by atoms with E-state index in [0.29, 0.717) is 19.5 Å². The lowest BCUT2D eigenvalue weighted by Gasteiger charge is -2.16. The summed E-state index contributed by atoms with van der Waals surface area (Å²) >= 11 is 0. The normalized spacial score (nSPS) is 20.6. The van der Waals surface area contributed by atoms with E-state index in [1.807, 2.05) is 0 Å². The fourth-order valence-corrected chi connectivity index (χ4v) is 1.87. The van der Waals surface area contributed by atoms with Gasteiger partial charge in [0.15, 0.2) is 11.6 Å². The average Bonchev–Trinajstić information content (AvgIpc) is 2.54. The first-order chi connectivity index (χ1) is 8.20. The molecule has 1 aromatic rings. The highest BCUT2D eigenvalue weighted by Crippen LogP contribution is 2.22. The molecule has 1 heterocycles. The van der Waals surface area contributed by atoms with E-state index in [0.717, 1.165) is 5.56 Å². The van der Waals surface area contributed by atoms with Gasteiger partial charge in [-0.2, -0.15) is 0 Å². The van der Waals surface area contributed by atoms with Crippen molar-refractivity contribution < 1.29 is 13.9 Å². The number of hydrogen-bond acceptors (Lipinski definition) is 3. The van der Waals surface area contributed by atoms with Crippen molar-refractivity contribution in [1.82, 2.24) is 10.6 Å². The number of ether oxygens (including phenoxy) is 1. The molecule has 5 heteroatoms. The summed E-state index contributed by atoms with van der Waals surface area (Å²) in [6.45, 7) is 1.08. The lowest BCUT2D eigenvalue weighted by Crippen LogP contribution is -2.28. The van der Waals surface area contributed by atoms with Gasteiger partial charge in [0.1, 0.15) is 0 Å². The monoisotopic (exact) mass is 238 g/mol. The molecule has 1 aliphatic rings. The van der Waals surface area contributed by atoms with E-state index in [-0.39, 0.29) is 23.5 Å². The van der Waals surface area contributed by atoms with Crippen LogP contribution >= 0.6 is 0 Å². The first-order valence-electron chi connectivity index (χ1n) is 5.54. The molecular weight excluding hydrogens is 223 g/mol. The average molecular weight is 238 g/mol. The van der Waals surface area contributed by atoms with Crippen LogP contribution in [0.4, 0.5) is 4.39 Å². The zero-order valence-electron chi connectivity index (χ0n) is 9.63. The number of amides is 1. The van der Waals surface area contributed by atoms with E-state index >= 15 is 0 Å². The van der Waals surface area contributed by atoms with Gasteiger partial charge in [-0.25, -0.2) is 4.39 Å². The Labute approximate surface area is 99.2 Å². The van der Waals surface area contributed by atoms with Crippen LogP contribution in [0.15, 0.2) is 18.2 Å². The van der Waals surface area contributed by atoms with Crippen molar-refractivity contribution in [2.75, 3.05) is 20.2 Å². The summed E-state index contributed by atoms with van der Waals surface area (Å²) in [5, 5.41) is 5.99. The lowest BCUT2D eigenvalue weighted by molar-refractivity contribution is -0.120. The molecule has 0 aromatic heterocycles. The number of benzene rings is 1. The van der Waals surface area contributed by atoms with Crippen LogP contribution in [0.2, 0.25) is 0 Å². The minimum atomic E-state index is -0.387. The Morgan fingerprint density at radius 2 is 2.29 bits per heavy atom. The SMILES string of the molecule is COc1ccc(C2CNC(=O)CCN2)cc1F. The number of rotatable bonds is 2. The Hall–Kier alpha value is -1.62. The molecule has 17 heavy (non-hydrogen) atoms. The van der Waals surface area contributed by atoms with Crippen LogP contribution in [0.1, 0.15) is 18.0 Å². The third-order valence-electron chi connectivity index (χ3n) is 2.82. The van der Waals surface area contributed by atoms with Crippen molar-refractivity contribution in [3.05, 3.63) is 29.6 Å². The van der Waals surface area contributed by atoms with Gasteiger partial charge in [0.2, 0.25) is 5.91 Å². The molecule has 92 valence electrons. The van der Waals surface area contributed by atoms with Gasteiger partial charge >= 0.3 is 0 Å². The highest BCUT2D eigenvalue weighted by molar-refractivity contribution is 5.76. The summed E-state index contributed by atoms with van der Waals surface area (Å²) in [5.74, 6) is -0.136. The van der Waals surface area contributed by atoms with Crippen molar-refractivity contribution in [2.45, 2.75) is 12.5 Å². The van der Waals surface area contributed by atoms with Crippen molar-refractivity contribution in [3.63, 3.8) is 0 Å².